The van der Waals surface area contributed by atoms with Gasteiger partial charge in [-0.2, -0.15) is 0 Å². The van der Waals surface area contributed by atoms with E-state index < -0.39 is 0 Å². The van der Waals surface area contributed by atoms with Gasteiger partial charge in [0.05, 0.1) is 18.8 Å². The Morgan fingerprint density at radius 1 is 1.53 bits per heavy atom. The van der Waals surface area contributed by atoms with Gasteiger partial charge in [0.1, 0.15) is 0 Å². The number of ether oxygens (including phenoxy) is 2. The topological polar surface area (TPSA) is 59.0 Å². The Kier molecular flexibility index (Phi) is 4.27. The molecule has 5 heteroatoms. The lowest BCUT2D eigenvalue weighted by Gasteiger charge is -2.22. The standard InChI is InChI=1S/C14H19NO4/c1-10-9-15(7-4-8-19-10)14(17)11-5-3-6-12(18-2)13(11)16/h3,5-6,10,16H,4,7-9H2,1-2H3. The van der Waals surface area contributed by atoms with E-state index in [0.29, 0.717) is 25.4 Å². The van der Waals surface area contributed by atoms with Crippen LogP contribution in [0.3, 0.4) is 0 Å². The van der Waals surface area contributed by atoms with E-state index in [4.69, 9.17) is 9.47 Å². The minimum Gasteiger partial charge on any atom is -0.504 e. The summed E-state index contributed by atoms with van der Waals surface area (Å²) >= 11 is 0. The Hall–Kier alpha value is -1.75. The first-order valence-electron chi connectivity index (χ1n) is 6.40. The van der Waals surface area contributed by atoms with Crippen LogP contribution in [0.1, 0.15) is 23.7 Å². The van der Waals surface area contributed by atoms with Gasteiger partial charge >= 0.3 is 0 Å². The normalized spacial score (nSPS) is 19.9. The smallest absolute Gasteiger partial charge is 0.257 e. The second-order valence-electron chi connectivity index (χ2n) is 4.64. The monoisotopic (exact) mass is 265 g/mol. The molecule has 1 heterocycles. The number of hydrogen-bond donors (Lipinski definition) is 1. The lowest BCUT2D eigenvalue weighted by Crippen LogP contribution is -2.35. The van der Waals surface area contributed by atoms with Crippen LogP contribution in [0, 0.1) is 0 Å². The number of para-hydroxylation sites is 1. The predicted octanol–water partition coefficient (Wildman–Crippen LogP) is 1.65. The van der Waals surface area contributed by atoms with Crippen molar-refractivity contribution in [1.82, 2.24) is 4.90 Å². The molecule has 0 saturated carbocycles. The molecule has 0 aliphatic carbocycles. The Morgan fingerprint density at radius 2 is 2.32 bits per heavy atom. The molecule has 0 spiro atoms. The van der Waals surface area contributed by atoms with Crippen molar-refractivity contribution in [3.63, 3.8) is 0 Å². The van der Waals surface area contributed by atoms with E-state index in [-0.39, 0.29) is 23.3 Å². The van der Waals surface area contributed by atoms with Crippen LogP contribution in [-0.4, -0.2) is 48.8 Å². The average molecular weight is 265 g/mol. The maximum absolute atomic E-state index is 12.4. The Balaban J connectivity index is 2.23. The lowest BCUT2D eigenvalue weighted by atomic mass is 10.1. The molecular formula is C14H19NO4. The first-order valence-corrected chi connectivity index (χ1v) is 6.40. The zero-order valence-corrected chi connectivity index (χ0v) is 11.3. The van der Waals surface area contributed by atoms with Crippen molar-refractivity contribution in [2.24, 2.45) is 0 Å². The molecule has 1 aromatic rings. The molecule has 1 aliphatic rings. The first kappa shape index (κ1) is 13.7. The molecule has 1 N–H and O–H groups in total. The first-order chi connectivity index (χ1) is 9.13. The molecule has 104 valence electrons. The van der Waals surface area contributed by atoms with E-state index in [1.807, 2.05) is 6.92 Å². The van der Waals surface area contributed by atoms with Gasteiger partial charge < -0.3 is 19.5 Å². The van der Waals surface area contributed by atoms with Crippen LogP contribution in [0.5, 0.6) is 11.5 Å². The average Bonchev–Trinajstić information content (AvgIpc) is 2.63. The van der Waals surface area contributed by atoms with Crippen molar-refractivity contribution < 1.29 is 19.4 Å². The number of aromatic hydroxyl groups is 1. The molecule has 0 bridgehead atoms. The summed E-state index contributed by atoms with van der Waals surface area (Å²) in [6.45, 7) is 3.78. The number of rotatable bonds is 2. The number of carbonyl (C=O) groups excluding carboxylic acids is 1. The van der Waals surface area contributed by atoms with Crippen molar-refractivity contribution in [3.8, 4) is 11.5 Å². The quantitative estimate of drug-likeness (QED) is 0.883. The fourth-order valence-corrected chi connectivity index (χ4v) is 2.21. The lowest BCUT2D eigenvalue weighted by molar-refractivity contribution is 0.0560. The third-order valence-electron chi connectivity index (χ3n) is 3.19. The number of phenols is 1. The summed E-state index contributed by atoms with van der Waals surface area (Å²) < 4.78 is 10.5. The molecule has 1 amide bonds. The summed E-state index contributed by atoms with van der Waals surface area (Å²) in [4.78, 5) is 14.2. The van der Waals surface area contributed by atoms with Crippen LogP contribution in [0.4, 0.5) is 0 Å². The fraction of sp³-hybridized carbons (Fsp3) is 0.500. The van der Waals surface area contributed by atoms with Crippen molar-refractivity contribution in [3.05, 3.63) is 23.8 Å². The second kappa shape index (κ2) is 5.93. The zero-order chi connectivity index (χ0) is 13.8. The van der Waals surface area contributed by atoms with Crippen LogP contribution in [0.2, 0.25) is 0 Å². The van der Waals surface area contributed by atoms with Crippen molar-refractivity contribution in [2.45, 2.75) is 19.4 Å². The predicted molar refractivity (Wildman–Crippen MR) is 70.6 cm³/mol. The number of benzene rings is 1. The van der Waals surface area contributed by atoms with Crippen LogP contribution < -0.4 is 4.74 Å². The molecule has 2 rings (SSSR count). The van der Waals surface area contributed by atoms with Crippen molar-refractivity contribution >= 4 is 5.91 Å². The number of methoxy groups -OCH3 is 1. The van der Waals surface area contributed by atoms with E-state index in [9.17, 15) is 9.90 Å². The molecule has 0 radical (unpaired) electrons. The van der Waals surface area contributed by atoms with Crippen LogP contribution >= 0.6 is 0 Å². The van der Waals surface area contributed by atoms with Crippen LogP contribution in [0.25, 0.3) is 0 Å². The molecule has 1 aromatic carbocycles. The molecule has 1 saturated heterocycles. The van der Waals surface area contributed by atoms with Gasteiger partial charge in [0.2, 0.25) is 0 Å². The van der Waals surface area contributed by atoms with E-state index in [0.717, 1.165) is 6.42 Å². The van der Waals surface area contributed by atoms with Gasteiger partial charge in [-0.3, -0.25) is 4.79 Å². The van der Waals surface area contributed by atoms with Crippen molar-refractivity contribution in [2.75, 3.05) is 26.8 Å². The number of carbonyl (C=O) groups is 1. The number of amides is 1. The summed E-state index contributed by atoms with van der Waals surface area (Å²) in [5, 5.41) is 10.0. The maximum Gasteiger partial charge on any atom is 0.257 e. The fourth-order valence-electron chi connectivity index (χ4n) is 2.21. The van der Waals surface area contributed by atoms with Gasteiger partial charge in [-0.15, -0.1) is 0 Å². The molecule has 1 unspecified atom stereocenters. The van der Waals surface area contributed by atoms with Gasteiger partial charge in [-0.1, -0.05) is 6.07 Å². The highest BCUT2D eigenvalue weighted by molar-refractivity contribution is 5.97. The molecular weight excluding hydrogens is 246 g/mol. The number of phenolic OH excluding ortho intramolecular Hbond substituents is 1. The van der Waals surface area contributed by atoms with Gasteiger partial charge in [0.15, 0.2) is 11.5 Å². The third-order valence-corrected chi connectivity index (χ3v) is 3.19. The Labute approximate surface area is 112 Å². The van der Waals surface area contributed by atoms with E-state index in [2.05, 4.69) is 0 Å². The van der Waals surface area contributed by atoms with Crippen LogP contribution in [-0.2, 0) is 4.74 Å². The molecule has 1 aliphatic heterocycles. The highest BCUT2D eigenvalue weighted by atomic mass is 16.5. The molecule has 1 fully saturated rings. The summed E-state index contributed by atoms with van der Waals surface area (Å²) in [6.07, 6.45) is 0.820. The Morgan fingerprint density at radius 3 is 3.05 bits per heavy atom. The summed E-state index contributed by atoms with van der Waals surface area (Å²) in [5.74, 6) is 0.0199. The van der Waals surface area contributed by atoms with Gasteiger partial charge in [0.25, 0.3) is 5.91 Å². The molecule has 1 atom stereocenters. The minimum absolute atomic E-state index is 0.0131. The third kappa shape index (κ3) is 2.98. The SMILES string of the molecule is COc1cccc(C(=O)N2CCCOC(C)C2)c1O. The van der Waals surface area contributed by atoms with E-state index in [1.54, 1.807) is 23.1 Å². The summed E-state index contributed by atoms with van der Waals surface area (Å²) in [7, 11) is 1.46. The van der Waals surface area contributed by atoms with Gasteiger partial charge in [-0.05, 0) is 25.5 Å². The highest BCUT2D eigenvalue weighted by Gasteiger charge is 2.24. The largest absolute Gasteiger partial charge is 0.504 e. The Bertz CT molecular complexity index is 461. The zero-order valence-electron chi connectivity index (χ0n) is 11.3. The summed E-state index contributed by atoms with van der Waals surface area (Å²) in [6, 6.07) is 4.93. The van der Waals surface area contributed by atoms with Gasteiger partial charge in [0, 0.05) is 19.7 Å². The second-order valence-corrected chi connectivity index (χ2v) is 4.64. The number of hydrogen-bond acceptors (Lipinski definition) is 4. The highest BCUT2D eigenvalue weighted by Crippen LogP contribution is 2.30. The molecule has 19 heavy (non-hydrogen) atoms. The molecule has 0 aromatic heterocycles. The maximum atomic E-state index is 12.4. The minimum atomic E-state index is -0.186. The van der Waals surface area contributed by atoms with E-state index in [1.165, 1.54) is 7.11 Å². The van der Waals surface area contributed by atoms with Crippen LogP contribution in [0.15, 0.2) is 18.2 Å². The van der Waals surface area contributed by atoms with E-state index >= 15 is 0 Å². The number of nitrogens with zero attached hydrogens (tertiary/aromatic N) is 1. The van der Waals surface area contributed by atoms with Crippen molar-refractivity contribution in [1.29, 1.82) is 0 Å². The summed E-state index contributed by atoms with van der Waals surface area (Å²) in [5.41, 5.74) is 0.272. The van der Waals surface area contributed by atoms with Gasteiger partial charge in [-0.25, -0.2) is 0 Å². The molecule has 5 nitrogen and oxygen atoms in total.